The smallest absolute Gasteiger partial charge is 0.271 e. The predicted molar refractivity (Wildman–Crippen MR) is 58.3 cm³/mol. The highest BCUT2D eigenvalue weighted by Crippen LogP contribution is 2.38. The Morgan fingerprint density at radius 2 is 2.06 bits per heavy atom. The van der Waals surface area contributed by atoms with E-state index in [9.17, 15) is 9.18 Å². The summed E-state index contributed by atoms with van der Waals surface area (Å²) in [7, 11) is 0. The fourth-order valence-corrected chi connectivity index (χ4v) is 1.83. The van der Waals surface area contributed by atoms with E-state index >= 15 is 0 Å². The zero-order chi connectivity index (χ0) is 11.1. The van der Waals surface area contributed by atoms with E-state index in [0.717, 1.165) is 18.5 Å². The van der Waals surface area contributed by atoms with Crippen molar-refractivity contribution in [3.63, 3.8) is 0 Å². The van der Waals surface area contributed by atoms with Crippen molar-refractivity contribution in [3.05, 3.63) is 52.2 Å². The van der Waals surface area contributed by atoms with Crippen molar-refractivity contribution in [2.75, 3.05) is 0 Å². The highest BCUT2D eigenvalue weighted by molar-refractivity contribution is 5.33. The third-order valence-electron chi connectivity index (χ3n) is 2.85. The average molecular weight is 218 g/mol. The molecule has 1 saturated carbocycles. The van der Waals surface area contributed by atoms with Crippen LogP contribution in [0.3, 0.4) is 0 Å². The minimum Gasteiger partial charge on any atom is -0.295 e. The summed E-state index contributed by atoms with van der Waals surface area (Å²) in [5, 5.41) is 2.96. The zero-order valence-corrected chi connectivity index (χ0v) is 8.61. The van der Waals surface area contributed by atoms with Gasteiger partial charge in [-0.1, -0.05) is 12.1 Å². The van der Waals surface area contributed by atoms with Gasteiger partial charge in [0.05, 0.1) is 0 Å². The van der Waals surface area contributed by atoms with Crippen molar-refractivity contribution < 1.29 is 4.39 Å². The number of aromatic amines is 1. The number of nitrogens with zero attached hydrogens (tertiary/aromatic N) is 1. The largest absolute Gasteiger partial charge is 0.295 e. The van der Waals surface area contributed by atoms with Gasteiger partial charge in [-0.2, -0.15) is 0 Å². The van der Waals surface area contributed by atoms with Crippen molar-refractivity contribution in [3.8, 4) is 5.69 Å². The van der Waals surface area contributed by atoms with E-state index in [2.05, 4.69) is 5.10 Å². The number of rotatable bonds is 2. The molecule has 1 heterocycles. The van der Waals surface area contributed by atoms with E-state index in [1.54, 1.807) is 24.3 Å². The maximum absolute atomic E-state index is 13.5. The van der Waals surface area contributed by atoms with Crippen LogP contribution in [0.4, 0.5) is 4.39 Å². The van der Waals surface area contributed by atoms with Crippen LogP contribution in [0.1, 0.15) is 24.5 Å². The number of halogens is 1. The van der Waals surface area contributed by atoms with Crippen molar-refractivity contribution in [1.29, 1.82) is 0 Å². The normalized spacial score (nSPS) is 15.3. The highest BCUT2D eigenvalue weighted by Gasteiger charge is 2.26. The molecule has 1 aliphatic carbocycles. The second-order valence-electron chi connectivity index (χ2n) is 4.11. The van der Waals surface area contributed by atoms with Gasteiger partial charge in [0.25, 0.3) is 5.56 Å². The van der Waals surface area contributed by atoms with Crippen LogP contribution < -0.4 is 5.56 Å². The molecule has 1 fully saturated rings. The van der Waals surface area contributed by atoms with Gasteiger partial charge in [0.15, 0.2) is 0 Å². The SMILES string of the molecule is O=c1cc(C2CC2)[nH]n1-c1ccccc1F. The van der Waals surface area contributed by atoms with Gasteiger partial charge in [-0.25, -0.2) is 9.07 Å². The average Bonchev–Trinajstić information content (AvgIpc) is 3.04. The summed E-state index contributed by atoms with van der Waals surface area (Å²) in [4.78, 5) is 11.7. The van der Waals surface area contributed by atoms with Crippen LogP contribution in [0.2, 0.25) is 0 Å². The number of benzene rings is 1. The monoisotopic (exact) mass is 218 g/mol. The maximum atomic E-state index is 13.5. The fraction of sp³-hybridized carbons (Fsp3) is 0.250. The summed E-state index contributed by atoms with van der Waals surface area (Å²) < 4.78 is 14.8. The number of aromatic nitrogens is 2. The lowest BCUT2D eigenvalue weighted by molar-refractivity contribution is 0.607. The number of hydrogen-bond acceptors (Lipinski definition) is 1. The maximum Gasteiger partial charge on any atom is 0.271 e. The van der Waals surface area contributed by atoms with Crippen LogP contribution in [-0.4, -0.2) is 9.78 Å². The van der Waals surface area contributed by atoms with E-state index in [4.69, 9.17) is 0 Å². The van der Waals surface area contributed by atoms with Gasteiger partial charge >= 0.3 is 0 Å². The lowest BCUT2D eigenvalue weighted by Crippen LogP contribution is -2.14. The van der Waals surface area contributed by atoms with E-state index < -0.39 is 5.82 Å². The minimum atomic E-state index is -0.395. The lowest BCUT2D eigenvalue weighted by Gasteiger charge is -2.02. The molecule has 82 valence electrons. The van der Waals surface area contributed by atoms with Crippen LogP contribution in [0.5, 0.6) is 0 Å². The quantitative estimate of drug-likeness (QED) is 0.824. The van der Waals surface area contributed by atoms with Gasteiger partial charge in [0.1, 0.15) is 11.5 Å². The molecule has 1 N–H and O–H groups in total. The topological polar surface area (TPSA) is 37.8 Å². The van der Waals surface area contributed by atoms with Crippen LogP contribution in [0.15, 0.2) is 35.1 Å². The third-order valence-corrected chi connectivity index (χ3v) is 2.85. The Morgan fingerprint density at radius 1 is 1.31 bits per heavy atom. The summed E-state index contributed by atoms with van der Waals surface area (Å²) in [5.74, 6) is 0.0644. The molecule has 0 amide bonds. The first kappa shape index (κ1) is 9.39. The predicted octanol–water partition coefficient (Wildman–Crippen LogP) is 2.18. The Morgan fingerprint density at radius 3 is 2.75 bits per heavy atom. The molecule has 0 aliphatic heterocycles. The van der Waals surface area contributed by atoms with Gasteiger partial charge in [0, 0.05) is 17.7 Å². The molecule has 0 saturated heterocycles. The third kappa shape index (κ3) is 1.46. The summed E-state index contributed by atoms with van der Waals surface area (Å²) >= 11 is 0. The second-order valence-corrected chi connectivity index (χ2v) is 4.11. The molecule has 1 aromatic carbocycles. The molecule has 16 heavy (non-hydrogen) atoms. The van der Waals surface area contributed by atoms with Gasteiger partial charge < -0.3 is 0 Å². The number of H-pyrrole nitrogens is 1. The molecule has 3 nitrogen and oxygen atoms in total. The van der Waals surface area contributed by atoms with Crippen molar-refractivity contribution >= 4 is 0 Å². The molecular formula is C12H11FN2O. The van der Waals surface area contributed by atoms with Gasteiger partial charge in [0.2, 0.25) is 0 Å². The fourth-order valence-electron chi connectivity index (χ4n) is 1.83. The van der Waals surface area contributed by atoms with E-state index in [1.807, 2.05) is 0 Å². The highest BCUT2D eigenvalue weighted by atomic mass is 19.1. The zero-order valence-electron chi connectivity index (χ0n) is 8.61. The molecule has 4 heteroatoms. The van der Waals surface area contributed by atoms with Gasteiger partial charge in [-0.3, -0.25) is 9.89 Å². The van der Waals surface area contributed by atoms with Gasteiger partial charge in [-0.05, 0) is 25.0 Å². The van der Waals surface area contributed by atoms with Gasteiger partial charge in [-0.15, -0.1) is 0 Å². The molecule has 0 atom stereocenters. The van der Waals surface area contributed by atoms with E-state index in [0.29, 0.717) is 5.92 Å². The standard InChI is InChI=1S/C12H11FN2O/c13-9-3-1-2-4-11(9)15-12(16)7-10(14-15)8-5-6-8/h1-4,7-8,14H,5-6H2. The Hall–Kier alpha value is -1.84. The van der Waals surface area contributed by atoms with Crippen molar-refractivity contribution in [1.82, 2.24) is 9.78 Å². The molecule has 2 aromatic rings. The first-order valence-electron chi connectivity index (χ1n) is 5.32. The molecule has 1 aliphatic rings. The molecule has 0 bridgehead atoms. The lowest BCUT2D eigenvalue weighted by atomic mass is 10.3. The van der Waals surface area contributed by atoms with Crippen molar-refractivity contribution in [2.24, 2.45) is 0 Å². The molecular weight excluding hydrogens is 207 g/mol. The molecule has 1 aromatic heterocycles. The van der Waals surface area contributed by atoms with Crippen LogP contribution in [0, 0.1) is 5.82 Å². The molecule has 0 radical (unpaired) electrons. The Kier molecular flexibility index (Phi) is 1.96. The number of hydrogen-bond donors (Lipinski definition) is 1. The first-order valence-corrected chi connectivity index (χ1v) is 5.32. The molecule has 3 rings (SSSR count). The summed E-state index contributed by atoms with van der Waals surface area (Å²) in [6.45, 7) is 0. The minimum absolute atomic E-state index is 0.202. The van der Waals surface area contributed by atoms with E-state index in [-0.39, 0.29) is 11.2 Å². The summed E-state index contributed by atoms with van der Waals surface area (Å²) in [6.07, 6.45) is 2.22. The molecule has 0 unspecified atom stereocenters. The summed E-state index contributed by atoms with van der Waals surface area (Å²) in [5.41, 5.74) is 0.986. The number of para-hydroxylation sites is 1. The first-order chi connectivity index (χ1) is 7.75. The summed E-state index contributed by atoms with van der Waals surface area (Å²) in [6, 6.07) is 7.81. The Balaban J connectivity index is 2.12. The van der Waals surface area contributed by atoms with Crippen molar-refractivity contribution in [2.45, 2.75) is 18.8 Å². The van der Waals surface area contributed by atoms with Crippen LogP contribution >= 0.6 is 0 Å². The number of nitrogens with one attached hydrogen (secondary N) is 1. The Labute approximate surface area is 91.5 Å². The van der Waals surface area contributed by atoms with E-state index in [1.165, 1.54) is 10.7 Å². The molecule has 0 spiro atoms. The van der Waals surface area contributed by atoms with Crippen LogP contribution in [-0.2, 0) is 0 Å². The Bertz CT molecular complexity index is 581. The van der Waals surface area contributed by atoms with Crippen LogP contribution in [0.25, 0.3) is 5.69 Å². The second kappa shape index (κ2) is 3.33.